The molecule has 0 fully saturated rings. The Morgan fingerprint density at radius 1 is 1.07 bits per heavy atom. The smallest absolute Gasteiger partial charge is 0.372 e. The number of nitro benzene ring substituents is 1. The second-order valence-electron chi connectivity index (χ2n) is 5.27. The van der Waals surface area contributed by atoms with Crippen molar-refractivity contribution in [2.24, 2.45) is 0 Å². The van der Waals surface area contributed by atoms with Gasteiger partial charge >= 0.3 is 5.97 Å². The summed E-state index contributed by atoms with van der Waals surface area (Å²) in [5, 5.41) is 19.3. The number of ketones is 2. The van der Waals surface area contributed by atoms with Crippen molar-refractivity contribution >= 4 is 38.9 Å². The Morgan fingerprint density at radius 3 is 2.37 bits per heavy atom. The van der Waals surface area contributed by atoms with Crippen LogP contribution in [0.25, 0.3) is 0 Å². The highest BCUT2D eigenvalue weighted by Crippen LogP contribution is 2.21. The molecule has 0 saturated heterocycles. The third kappa shape index (κ3) is 4.95. The van der Waals surface area contributed by atoms with Crippen molar-refractivity contribution in [2.75, 3.05) is 4.72 Å². The van der Waals surface area contributed by atoms with Crippen LogP contribution in [0.5, 0.6) is 0 Å². The first-order valence-corrected chi connectivity index (χ1v) is 8.75. The van der Waals surface area contributed by atoms with Crippen molar-refractivity contribution < 1.29 is 32.8 Å². The molecule has 0 aromatic heterocycles. The van der Waals surface area contributed by atoms with E-state index >= 15 is 0 Å². The van der Waals surface area contributed by atoms with Crippen LogP contribution >= 0.6 is 0 Å². The fraction of sp³-hybridized carbons (Fsp3) is 0.0625. The van der Waals surface area contributed by atoms with E-state index in [2.05, 4.69) is 4.72 Å². The van der Waals surface area contributed by atoms with Gasteiger partial charge in [0.05, 0.1) is 16.2 Å². The molecule has 0 bridgehead atoms. The number of anilines is 1. The van der Waals surface area contributed by atoms with Gasteiger partial charge in [-0.1, -0.05) is 18.2 Å². The zero-order valence-electron chi connectivity index (χ0n) is 13.5. The van der Waals surface area contributed by atoms with Crippen LogP contribution in [0.4, 0.5) is 11.4 Å². The van der Waals surface area contributed by atoms with E-state index in [9.17, 15) is 32.9 Å². The maximum atomic E-state index is 12.4. The summed E-state index contributed by atoms with van der Waals surface area (Å²) in [5.41, 5.74) is -0.507. The number of benzene rings is 2. The number of rotatable bonds is 8. The van der Waals surface area contributed by atoms with Crippen molar-refractivity contribution in [1.82, 2.24) is 0 Å². The molecule has 2 aromatic rings. The Balaban J connectivity index is 2.26. The second-order valence-corrected chi connectivity index (χ2v) is 6.95. The molecular weight excluding hydrogens is 380 g/mol. The van der Waals surface area contributed by atoms with Crippen molar-refractivity contribution in [2.45, 2.75) is 11.3 Å². The van der Waals surface area contributed by atoms with Gasteiger partial charge in [0.25, 0.3) is 15.7 Å². The van der Waals surface area contributed by atoms with Gasteiger partial charge in [0.15, 0.2) is 5.78 Å². The lowest BCUT2D eigenvalue weighted by Crippen LogP contribution is -2.17. The maximum Gasteiger partial charge on any atom is 0.372 e. The van der Waals surface area contributed by atoms with Gasteiger partial charge in [0, 0.05) is 23.4 Å². The number of aliphatic carboxylic acids is 1. The molecule has 0 saturated carbocycles. The molecule has 10 nitrogen and oxygen atoms in total. The van der Waals surface area contributed by atoms with E-state index in [-0.39, 0.29) is 16.1 Å². The summed E-state index contributed by atoms with van der Waals surface area (Å²) in [7, 11) is -4.18. The van der Waals surface area contributed by atoms with Crippen LogP contribution in [0.2, 0.25) is 0 Å². The molecule has 0 aliphatic heterocycles. The predicted molar refractivity (Wildman–Crippen MR) is 91.9 cm³/mol. The Hall–Kier alpha value is -3.60. The predicted octanol–water partition coefficient (Wildman–Crippen LogP) is 1.62. The molecule has 0 aliphatic carbocycles. The van der Waals surface area contributed by atoms with Crippen LogP contribution in [0.3, 0.4) is 0 Å². The number of non-ortho nitro benzene ring substituents is 1. The summed E-state index contributed by atoms with van der Waals surface area (Å²) in [6.07, 6.45) is -0.865. The van der Waals surface area contributed by atoms with Crippen LogP contribution in [-0.2, 0) is 19.6 Å². The van der Waals surface area contributed by atoms with Gasteiger partial charge in [-0.15, -0.1) is 0 Å². The lowest BCUT2D eigenvalue weighted by molar-refractivity contribution is -0.385. The molecule has 0 aliphatic rings. The first-order chi connectivity index (χ1) is 12.6. The van der Waals surface area contributed by atoms with Gasteiger partial charge in [0.1, 0.15) is 0 Å². The minimum atomic E-state index is -4.18. The number of carboxylic acids is 1. The fourth-order valence-electron chi connectivity index (χ4n) is 2.06. The van der Waals surface area contributed by atoms with Crippen LogP contribution in [0, 0.1) is 10.1 Å². The monoisotopic (exact) mass is 392 g/mol. The number of carbonyl (C=O) groups excluding carboxylic acids is 2. The molecule has 0 atom stereocenters. The summed E-state index contributed by atoms with van der Waals surface area (Å²) < 4.78 is 26.9. The zero-order chi connectivity index (χ0) is 20.2. The normalized spacial score (nSPS) is 10.8. The summed E-state index contributed by atoms with van der Waals surface area (Å²) in [4.78, 5) is 43.3. The summed E-state index contributed by atoms with van der Waals surface area (Å²) >= 11 is 0. The topological polar surface area (TPSA) is 161 Å². The van der Waals surface area contributed by atoms with E-state index in [0.29, 0.717) is 0 Å². The SMILES string of the molecule is O=C(O)C(=O)CC(=O)c1cccc(NS(=O)(=O)c2cccc([N+](=O)[O-])c2)c1. The molecule has 0 heterocycles. The number of carboxylic acid groups (broad SMARTS) is 1. The first-order valence-electron chi connectivity index (χ1n) is 7.27. The van der Waals surface area contributed by atoms with Crippen LogP contribution < -0.4 is 4.72 Å². The average molecular weight is 392 g/mol. The lowest BCUT2D eigenvalue weighted by Gasteiger charge is -2.09. The van der Waals surface area contributed by atoms with Gasteiger partial charge in [-0.2, -0.15) is 0 Å². The Morgan fingerprint density at radius 2 is 1.74 bits per heavy atom. The van der Waals surface area contributed by atoms with Crippen LogP contribution in [-0.4, -0.2) is 36.0 Å². The number of nitrogens with one attached hydrogen (secondary N) is 1. The van der Waals surface area contributed by atoms with Crippen molar-refractivity contribution in [3.63, 3.8) is 0 Å². The number of Topliss-reactive ketones (excluding diaryl/α,β-unsaturated/α-hetero) is 2. The Kier molecular flexibility index (Phi) is 5.66. The number of sulfonamides is 1. The minimum absolute atomic E-state index is 0.0323. The number of nitrogens with zero attached hydrogens (tertiary/aromatic N) is 1. The zero-order valence-corrected chi connectivity index (χ0v) is 14.3. The number of hydrogen-bond acceptors (Lipinski definition) is 7. The van der Waals surface area contributed by atoms with Crippen molar-refractivity contribution in [3.8, 4) is 0 Å². The highest BCUT2D eigenvalue weighted by molar-refractivity contribution is 7.92. The van der Waals surface area contributed by atoms with Gasteiger partial charge < -0.3 is 5.11 Å². The molecule has 2 rings (SSSR count). The number of carbonyl (C=O) groups is 3. The lowest BCUT2D eigenvalue weighted by atomic mass is 10.1. The molecule has 27 heavy (non-hydrogen) atoms. The Labute approximate surface area is 152 Å². The highest BCUT2D eigenvalue weighted by atomic mass is 32.2. The van der Waals surface area contributed by atoms with E-state index in [1.807, 2.05) is 0 Å². The van der Waals surface area contributed by atoms with Crippen molar-refractivity contribution in [3.05, 3.63) is 64.2 Å². The molecule has 0 radical (unpaired) electrons. The molecule has 140 valence electrons. The standard InChI is InChI=1S/C16H12N2O8S/c19-14(9-15(20)16(21)22)10-3-1-4-11(7-10)17-27(25,26)13-6-2-5-12(8-13)18(23)24/h1-8,17H,9H2,(H,21,22). The van der Waals surface area contributed by atoms with Crippen LogP contribution in [0.15, 0.2) is 53.4 Å². The molecule has 11 heteroatoms. The molecule has 2 aromatic carbocycles. The largest absolute Gasteiger partial charge is 0.475 e. The summed E-state index contributed by atoms with van der Waals surface area (Å²) in [6.45, 7) is 0. The number of hydrogen-bond donors (Lipinski definition) is 2. The van der Waals surface area contributed by atoms with Gasteiger partial charge in [-0.3, -0.25) is 24.4 Å². The third-order valence-corrected chi connectivity index (χ3v) is 4.71. The molecule has 0 amide bonds. The van der Waals surface area contributed by atoms with E-state index in [1.165, 1.54) is 24.3 Å². The van der Waals surface area contributed by atoms with Gasteiger partial charge in [-0.05, 0) is 18.2 Å². The molecular formula is C16H12N2O8S. The van der Waals surface area contributed by atoms with Gasteiger partial charge in [-0.25, -0.2) is 13.2 Å². The maximum absolute atomic E-state index is 12.4. The molecule has 0 unspecified atom stereocenters. The molecule has 0 spiro atoms. The minimum Gasteiger partial charge on any atom is -0.475 e. The van der Waals surface area contributed by atoms with E-state index in [1.54, 1.807) is 0 Å². The van der Waals surface area contributed by atoms with Crippen molar-refractivity contribution in [1.29, 1.82) is 0 Å². The quantitative estimate of drug-likeness (QED) is 0.225. The second kappa shape index (κ2) is 7.74. The molecule has 2 N–H and O–H groups in total. The highest BCUT2D eigenvalue weighted by Gasteiger charge is 2.20. The number of nitro groups is 1. The summed E-state index contributed by atoms with van der Waals surface area (Å²) in [6, 6.07) is 9.48. The first kappa shape index (κ1) is 19.7. The third-order valence-electron chi connectivity index (χ3n) is 3.34. The van der Waals surface area contributed by atoms with Gasteiger partial charge in [0.2, 0.25) is 5.78 Å². The van der Waals surface area contributed by atoms with E-state index in [4.69, 9.17) is 5.11 Å². The Bertz CT molecular complexity index is 1050. The average Bonchev–Trinajstić information content (AvgIpc) is 2.61. The summed E-state index contributed by atoms with van der Waals surface area (Å²) in [5.74, 6) is -3.83. The fourth-order valence-corrected chi connectivity index (χ4v) is 3.15. The van der Waals surface area contributed by atoms with E-state index < -0.39 is 44.6 Å². The van der Waals surface area contributed by atoms with E-state index in [0.717, 1.165) is 24.3 Å². The van der Waals surface area contributed by atoms with Crippen LogP contribution in [0.1, 0.15) is 16.8 Å².